The molecule has 0 aromatic carbocycles. The number of aliphatic carboxylic acids is 1. The van der Waals surface area contributed by atoms with Gasteiger partial charge in [-0.05, 0) is 12.3 Å². The number of rotatable bonds is 2. The van der Waals surface area contributed by atoms with E-state index in [4.69, 9.17) is 5.11 Å². The van der Waals surface area contributed by atoms with Gasteiger partial charge in [0.05, 0.1) is 0 Å². The topological polar surface area (TPSA) is 74.7 Å². The zero-order valence-corrected chi connectivity index (χ0v) is 9.77. The van der Waals surface area contributed by atoms with Crippen LogP contribution in [-0.4, -0.2) is 33.8 Å². The fourth-order valence-corrected chi connectivity index (χ4v) is 1.72. The van der Waals surface area contributed by atoms with Crippen molar-refractivity contribution in [2.24, 2.45) is 5.41 Å². The summed E-state index contributed by atoms with van der Waals surface area (Å²) in [6, 6.07) is -1.14. The Balaban J connectivity index is 3.13. The van der Waals surface area contributed by atoms with Crippen LogP contribution in [0.15, 0.2) is 11.6 Å². The first-order chi connectivity index (χ1) is 7.16. The van der Waals surface area contributed by atoms with E-state index in [1.165, 1.54) is 13.0 Å². The molecule has 1 atom stereocenters. The minimum Gasteiger partial charge on any atom is -0.480 e. The van der Waals surface area contributed by atoms with Gasteiger partial charge in [0.2, 0.25) is 0 Å². The summed E-state index contributed by atoms with van der Waals surface area (Å²) < 4.78 is 0. The predicted molar refractivity (Wildman–Crippen MR) is 56.5 cm³/mol. The largest absolute Gasteiger partial charge is 0.480 e. The van der Waals surface area contributed by atoms with Crippen molar-refractivity contribution in [2.45, 2.75) is 33.7 Å². The second-order valence-corrected chi connectivity index (χ2v) is 4.95. The highest BCUT2D eigenvalue weighted by molar-refractivity contribution is 6.17. The van der Waals surface area contributed by atoms with Crippen molar-refractivity contribution in [3.63, 3.8) is 0 Å². The summed E-state index contributed by atoms with van der Waals surface area (Å²) >= 11 is 0. The summed E-state index contributed by atoms with van der Waals surface area (Å²) in [5.74, 6) is -2.24. The Morgan fingerprint density at radius 2 is 1.88 bits per heavy atom. The van der Waals surface area contributed by atoms with Crippen LogP contribution in [0.5, 0.6) is 0 Å². The first-order valence-corrected chi connectivity index (χ1v) is 4.95. The second kappa shape index (κ2) is 3.73. The first-order valence-electron chi connectivity index (χ1n) is 4.95. The predicted octanol–water partition coefficient (Wildman–Crippen LogP) is 0.801. The molecule has 16 heavy (non-hydrogen) atoms. The van der Waals surface area contributed by atoms with E-state index < -0.39 is 29.2 Å². The molecule has 88 valence electrons. The minimum absolute atomic E-state index is 0.278. The number of amides is 2. The van der Waals surface area contributed by atoms with Gasteiger partial charge in [-0.2, -0.15) is 0 Å². The number of hydrogen-bond acceptors (Lipinski definition) is 3. The van der Waals surface area contributed by atoms with E-state index >= 15 is 0 Å². The monoisotopic (exact) mass is 225 g/mol. The van der Waals surface area contributed by atoms with Crippen molar-refractivity contribution < 1.29 is 19.5 Å². The molecule has 0 bridgehead atoms. The molecule has 5 heteroatoms. The Labute approximate surface area is 93.7 Å². The lowest BCUT2D eigenvalue weighted by Crippen LogP contribution is -2.52. The number of hydrogen-bond donors (Lipinski definition) is 1. The maximum Gasteiger partial charge on any atom is 0.327 e. The van der Waals surface area contributed by atoms with Crippen LogP contribution in [0.3, 0.4) is 0 Å². The van der Waals surface area contributed by atoms with Gasteiger partial charge >= 0.3 is 5.97 Å². The van der Waals surface area contributed by atoms with E-state index in [0.29, 0.717) is 0 Å². The van der Waals surface area contributed by atoms with Crippen LogP contribution in [0.1, 0.15) is 27.7 Å². The quantitative estimate of drug-likeness (QED) is 0.705. The van der Waals surface area contributed by atoms with Crippen molar-refractivity contribution in [3.8, 4) is 0 Å². The Morgan fingerprint density at radius 1 is 1.38 bits per heavy atom. The molecule has 5 nitrogen and oxygen atoms in total. The Morgan fingerprint density at radius 3 is 2.12 bits per heavy atom. The summed E-state index contributed by atoms with van der Waals surface area (Å²) in [5.41, 5.74) is -0.421. The molecule has 0 aromatic rings. The lowest BCUT2D eigenvalue weighted by Gasteiger charge is -2.33. The zero-order valence-electron chi connectivity index (χ0n) is 9.77. The Bertz CT molecular complexity index is 389. The number of carbonyl (C=O) groups excluding carboxylic acids is 2. The number of carbonyl (C=O) groups is 3. The van der Waals surface area contributed by atoms with E-state index in [1.807, 2.05) is 0 Å². The van der Waals surface area contributed by atoms with Crippen LogP contribution < -0.4 is 0 Å². The third kappa shape index (κ3) is 1.98. The Kier molecular flexibility index (Phi) is 2.90. The van der Waals surface area contributed by atoms with Crippen LogP contribution in [0, 0.1) is 5.41 Å². The standard InChI is InChI=1S/C11H15NO4/c1-6-5-7(13)12(9(6)14)8(10(15)16)11(2,3)4/h5,8H,1-4H3,(H,15,16). The molecule has 0 aromatic heterocycles. The first kappa shape index (κ1) is 12.4. The van der Waals surface area contributed by atoms with E-state index in [2.05, 4.69) is 0 Å². The number of imide groups is 1. The normalized spacial score (nSPS) is 18.8. The van der Waals surface area contributed by atoms with Crippen LogP contribution in [0.2, 0.25) is 0 Å². The van der Waals surface area contributed by atoms with Crippen molar-refractivity contribution in [1.29, 1.82) is 0 Å². The van der Waals surface area contributed by atoms with Gasteiger partial charge < -0.3 is 5.11 Å². The van der Waals surface area contributed by atoms with Crippen LogP contribution >= 0.6 is 0 Å². The molecule has 0 fully saturated rings. The third-order valence-corrected chi connectivity index (χ3v) is 2.45. The van der Waals surface area contributed by atoms with Gasteiger partial charge in [0, 0.05) is 11.6 Å². The molecule has 0 saturated carbocycles. The molecule has 1 N–H and O–H groups in total. The average molecular weight is 225 g/mol. The number of carboxylic acid groups (broad SMARTS) is 1. The van der Waals surface area contributed by atoms with Crippen molar-refractivity contribution in [1.82, 2.24) is 4.90 Å². The maximum absolute atomic E-state index is 11.7. The number of nitrogens with zero attached hydrogens (tertiary/aromatic N) is 1. The summed E-state index contributed by atoms with van der Waals surface area (Å²) in [4.78, 5) is 35.2. The van der Waals surface area contributed by atoms with Gasteiger partial charge in [-0.1, -0.05) is 20.8 Å². The lowest BCUT2D eigenvalue weighted by molar-refractivity contribution is -0.158. The highest BCUT2D eigenvalue weighted by Crippen LogP contribution is 2.28. The van der Waals surface area contributed by atoms with Gasteiger partial charge in [-0.25, -0.2) is 4.79 Å². The molecule has 1 unspecified atom stereocenters. The Hall–Kier alpha value is -1.65. The van der Waals surface area contributed by atoms with E-state index in [0.717, 1.165) is 4.90 Å². The molecule has 0 aliphatic carbocycles. The number of carboxylic acids is 1. The molecule has 2 amide bonds. The van der Waals surface area contributed by atoms with Crippen molar-refractivity contribution in [3.05, 3.63) is 11.6 Å². The van der Waals surface area contributed by atoms with Gasteiger partial charge in [-0.3, -0.25) is 14.5 Å². The maximum atomic E-state index is 11.7. The van der Waals surface area contributed by atoms with E-state index in [1.54, 1.807) is 20.8 Å². The highest BCUT2D eigenvalue weighted by atomic mass is 16.4. The molecule has 1 rings (SSSR count). The molecular weight excluding hydrogens is 210 g/mol. The molecule has 0 saturated heterocycles. The third-order valence-electron chi connectivity index (χ3n) is 2.45. The van der Waals surface area contributed by atoms with Crippen LogP contribution in [0.25, 0.3) is 0 Å². The molecule has 1 aliphatic rings. The lowest BCUT2D eigenvalue weighted by atomic mass is 9.85. The van der Waals surface area contributed by atoms with Crippen LogP contribution in [0.4, 0.5) is 0 Å². The van der Waals surface area contributed by atoms with E-state index in [-0.39, 0.29) is 5.57 Å². The highest BCUT2D eigenvalue weighted by Gasteiger charge is 2.44. The summed E-state index contributed by atoms with van der Waals surface area (Å²) in [6.07, 6.45) is 1.17. The van der Waals surface area contributed by atoms with Gasteiger partial charge in [0.15, 0.2) is 0 Å². The average Bonchev–Trinajstić information content (AvgIpc) is 2.29. The molecular formula is C11H15NO4. The fraction of sp³-hybridized carbons (Fsp3) is 0.545. The molecule has 0 spiro atoms. The van der Waals surface area contributed by atoms with Gasteiger partial charge in [0.1, 0.15) is 6.04 Å². The zero-order chi connectivity index (χ0) is 12.7. The summed E-state index contributed by atoms with van der Waals surface area (Å²) in [5, 5.41) is 9.12. The fourth-order valence-electron chi connectivity index (χ4n) is 1.72. The summed E-state index contributed by atoms with van der Waals surface area (Å²) in [7, 11) is 0. The van der Waals surface area contributed by atoms with Crippen molar-refractivity contribution >= 4 is 17.8 Å². The van der Waals surface area contributed by atoms with E-state index in [9.17, 15) is 14.4 Å². The second-order valence-electron chi connectivity index (χ2n) is 4.95. The van der Waals surface area contributed by atoms with Gasteiger partial charge in [0.25, 0.3) is 11.8 Å². The molecule has 1 aliphatic heterocycles. The molecule has 1 heterocycles. The minimum atomic E-state index is -1.17. The van der Waals surface area contributed by atoms with Crippen LogP contribution in [-0.2, 0) is 14.4 Å². The smallest absolute Gasteiger partial charge is 0.327 e. The molecule has 0 radical (unpaired) electrons. The summed E-state index contributed by atoms with van der Waals surface area (Å²) in [6.45, 7) is 6.54. The van der Waals surface area contributed by atoms with Crippen molar-refractivity contribution in [2.75, 3.05) is 0 Å². The SMILES string of the molecule is CC1=CC(=O)N(C(C(=O)O)C(C)(C)C)C1=O. The van der Waals surface area contributed by atoms with Gasteiger partial charge in [-0.15, -0.1) is 0 Å².